The first-order chi connectivity index (χ1) is 9.37. The fourth-order valence-electron chi connectivity index (χ4n) is 1.69. The summed E-state index contributed by atoms with van der Waals surface area (Å²) < 4.78 is 25.7. The number of nitrogens with two attached hydrogens (primary N) is 1. The smallest absolute Gasteiger partial charge is 0.218 e. The van der Waals surface area contributed by atoms with E-state index < -0.39 is 10.0 Å². The number of benzene rings is 1. The van der Waals surface area contributed by atoms with E-state index in [-0.39, 0.29) is 12.3 Å². The zero-order chi connectivity index (χ0) is 14.8. The minimum atomic E-state index is -3.42. The molecular formula is C12H17N5O2S. The van der Waals surface area contributed by atoms with E-state index in [4.69, 9.17) is 5.73 Å². The van der Waals surface area contributed by atoms with Crippen molar-refractivity contribution in [1.82, 2.24) is 19.5 Å². The van der Waals surface area contributed by atoms with Crippen LogP contribution in [0.1, 0.15) is 17.2 Å². The predicted molar refractivity (Wildman–Crippen MR) is 76.1 cm³/mol. The first-order valence-electron chi connectivity index (χ1n) is 6.03. The molecule has 0 amide bonds. The molecule has 0 atom stereocenters. The van der Waals surface area contributed by atoms with Crippen LogP contribution < -0.4 is 5.73 Å². The van der Waals surface area contributed by atoms with Crippen molar-refractivity contribution in [3.63, 3.8) is 0 Å². The van der Waals surface area contributed by atoms with Gasteiger partial charge in [-0.15, -0.1) is 0 Å². The number of anilines is 1. The molecule has 0 aliphatic rings. The van der Waals surface area contributed by atoms with E-state index >= 15 is 0 Å². The van der Waals surface area contributed by atoms with Gasteiger partial charge in [0.25, 0.3) is 0 Å². The minimum Gasteiger partial charge on any atom is -0.399 e. The van der Waals surface area contributed by atoms with Crippen LogP contribution in [0, 0.1) is 6.92 Å². The van der Waals surface area contributed by atoms with Crippen LogP contribution in [0.2, 0.25) is 0 Å². The maximum Gasteiger partial charge on any atom is 0.218 e. The monoisotopic (exact) mass is 295 g/mol. The molecule has 0 saturated heterocycles. The van der Waals surface area contributed by atoms with Crippen LogP contribution in [0.25, 0.3) is 0 Å². The van der Waals surface area contributed by atoms with Gasteiger partial charge in [0.2, 0.25) is 10.0 Å². The number of H-pyrrole nitrogens is 1. The number of nitrogens with one attached hydrogen (secondary N) is 1. The summed E-state index contributed by atoms with van der Waals surface area (Å²) in [7, 11) is -1.90. The van der Waals surface area contributed by atoms with Crippen molar-refractivity contribution in [1.29, 1.82) is 0 Å². The third kappa shape index (κ3) is 3.55. The number of nitrogens with zero attached hydrogens (tertiary/aromatic N) is 3. The molecule has 0 fully saturated rings. The van der Waals surface area contributed by atoms with E-state index in [1.807, 2.05) is 0 Å². The number of aromatic nitrogens is 3. The standard InChI is InChI=1S/C12H17N5O2S/c1-9-14-12(16-15-9)7-17(2)20(18,19)8-10-3-5-11(13)6-4-10/h3-6H,7-8,13H2,1-2H3,(H,14,15,16). The van der Waals surface area contributed by atoms with Gasteiger partial charge in [-0.1, -0.05) is 12.1 Å². The highest BCUT2D eigenvalue weighted by Gasteiger charge is 2.20. The third-order valence-corrected chi connectivity index (χ3v) is 4.59. The van der Waals surface area contributed by atoms with Gasteiger partial charge in [0.1, 0.15) is 5.82 Å². The quantitative estimate of drug-likeness (QED) is 0.788. The van der Waals surface area contributed by atoms with E-state index in [1.54, 1.807) is 31.2 Å². The van der Waals surface area contributed by atoms with Gasteiger partial charge < -0.3 is 5.73 Å². The van der Waals surface area contributed by atoms with E-state index in [9.17, 15) is 8.42 Å². The molecule has 2 rings (SSSR count). The summed E-state index contributed by atoms with van der Waals surface area (Å²) in [5, 5.41) is 6.61. The van der Waals surface area contributed by atoms with Crippen molar-refractivity contribution in [2.24, 2.45) is 0 Å². The predicted octanol–water partition coefficient (Wildman–Crippen LogP) is 0.657. The average molecular weight is 295 g/mol. The fraction of sp³-hybridized carbons (Fsp3) is 0.333. The molecule has 3 N–H and O–H groups in total. The number of aromatic amines is 1. The average Bonchev–Trinajstić information content (AvgIpc) is 2.77. The second-order valence-electron chi connectivity index (χ2n) is 4.59. The third-order valence-electron chi connectivity index (χ3n) is 2.81. The Bertz CT molecular complexity index is 678. The summed E-state index contributed by atoms with van der Waals surface area (Å²) in [4.78, 5) is 4.09. The first kappa shape index (κ1) is 14.5. The molecule has 1 heterocycles. The second kappa shape index (κ2) is 5.59. The normalized spacial score (nSPS) is 11.9. The Morgan fingerprint density at radius 3 is 2.50 bits per heavy atom. The highest BCUT2D eigenvalue weighted by molar-refractivity contribution is 7.88. The van der Waals surface area contributed by atoms with Crippen molar-refractivity contribution in [3.8, 4) is 0 Å². The molecule has 0 unspecified atom stereocenters. The van der Waals surface area contributed by atoms with Gasteiger partial charge in [0.05, 0.1) is 12.3 Å². The largest absolute Gasteiger partial charge is 0.399 e. The van der Waals surface area contributed by atoms with E-state index in [0.29, 0.717) is 22.9 Å². The Balaban J connectivity index is 2.07. The second-order valence-corrected chi connectivity index (χ2v) is 6.67. The van der Waals surface area contributed by atoms with Gasteiger partial charge in [-0.05, 0) is 24.6 Å². The molecule has 7 nitrogen and oxygen atoms in total. The molecule has 0 bridgehead atoms. The first-order valence-corrected chi connectivity index (χ1v) is 7.64. The van der Waals surface area contributed by atoms with E-state index in [2.05, 4.69) is 15.2 Å². The lowest BCUT2D eigenvalue weighted by Crippen LogP contribution is -2.28. The maximum absolute atomic E-state index is 12.2. The molecule has 108 valence electrons. The highest BCUT2D eigenvalue weighted by atomic mass is 32.2. The zero-order valence-electron chi connectivity index (χ0n) is 11.4. The lowest BCUT2D eigenvalue weighted by Gasteiger charge is -2.15. The van der Waals surface area contributed by atoms with Crippen LogP contribution >= 0.6 is 0 Å². The molecule has 0 aliphatic heterocycles. The van der Waals surface area contributed by atoms with Crippen LogP contribution in [-0.2, 0) is 22.3 Å². The summed E-state index contributed by atoms with van der Waals surface area (Å²) in [5.41, 5.74) is 6.87. The number of hydrogen-bond donors (Lipinski definition) is 2. The molecule has 0 saturated carbocycles. The molecule has 2 aromatic rings. The van der Waals surface area contributed by atoms with Crippen molar-refractivity contribution >= 4 is 15.7 Å². The molecule has 1 aromatic heterocycles. The number of nitrogen functional groups attached to an aromatic ring is 1. The molecule has 1 aromatic carbocycles. The van der Waals surface area contributed by atoms with Crippen LogP contribution in [0.3, 0.4) is 0 Å². The number of hydrogen-bond acceptors (Lipinski definition) is 5. The topological polar surface area (TPSA) is 105 Å². The molecule has 0 aliphatic carbocycles. The summed E-state index contributed by atoms with van der Waals surface area (Å²) >= 11 is 0. The number of sulfonamides is 1. The van der Waals surface area contributed by atoms with Gasteiger partial charge in [-0.2, -0.15) is 9.40 Å². The van der Waals surface area contributed by atoms with Gasteiger partial charge in [0, 0.05) is 12.7 Å². The lowest BCUT2D eigenvalue weighted by molar-refractivity contribution is 0.456. The number of aryl methyl sites for hydroxylation is 1. The molecule has 20 heavy (non-hydrogen) atoms. The summed E-state index contributed by atoms with van der Waals surface area (Å²) in [5.74, 6) is 1.03. The van der Waals surface area contributed by atoms with Crippen molar-refractivity contribution in [2.75, 3.05) is 12.8 Å². The van der Waals surface area contributed by atoms with Crippen LogP contribution in [0.4, 0.5) is 5.69 Å². The van der Waals surface area contributed by atoms with Crippen LogP contribution in [0.15, 0.2) is 24.3 Å². The van der Waals surface area contributed by atoms with Gasteiger partial charge in [-0.3, -0.25) is 5.10 Å². The minimum absolute atomic E-state index is 0.0762. The van der Waals surface area contributed by atoms with Crippen molar-refractivity contribution < 1.29 is 8.42 Å². The Hall–Kier alpha value is -1.93. The number of rotatable bonds is 5. The van der Waals surface area contributed by atoms with E-state index in [0.717, 1.165) is 0 Å². The molecule has 8 heteroatoms. The highest BCUT2D eigenvalue weighted by Crippen LogP contribution is 2.13. The van der Waals surface area contributed by atoms with Crippen LogP contribution in [0.5, 0.6) is 0 Å². The SMILES string of the molecule is Cc1nc(CN(C)S(=O)(=O)Cc2ccc(N)cc2)n[nH]1. The Morgan fingerprint density at radius 2 is 1.95 bits per heavy atom. The van der Waals surface area contributed by atoms with Gasteiger partial charge >= 0.3 is 0 Å². The zero-order valence-corrected chi connectivity index (χ0v) is 12.2. The Labute approximate surface area is 117 Å². The molecule has 0 spiro atoms. The lowest BCUT2D eigenvalue weighted by atomic mass is 10.2. The molecular weight excluding hydrogens is 278 g/mol. The Morgan fingerprint density at radius 1 is 1.30 bits per heavy atom. The fourth-order valence-corrected chi connectivity index (χ4v) is 2.84. The summed E-state index contributed by atoms with van der Waals surface area (Å²) in [6, 6.07) is 6.78. The van der Waals surface area contributed by atoms with Crippen molar-refractivity contribution in [3.05, 3.63) is 41.5 Å². The summed E-state index contributed by atoms with van der Waals surface area (Å²) in [6.45, 7) is 1.90. The van der Waals surface area contributed by atoms with Gasteiger partial charge in [0.15, 0.2) is 5.82 Å². The van der Waals surface area contributed by atoms with Crippen LogP contribution in [-0.4, -0.2) is 35.0 Å². The molecule has 0 radical (unpaired) electrons. The van der Waals surface area contributed by atoms with Crippen molar-refractivity contribution in [2.45, 2.75) is 19.2 Å². The maximum atomic E-state index is 12.2. The van der Waals surface area contributed by atoms with Gasteiger partial charge in [-0.25, -0.2) is 13.4 Å². The summed E-state index contributed by atoms with van der Waals surface area (Å²) in [6.07, 6.45) is 0. The Kier molecular flexibility index (Phi) is 4.05. The van der Waals surface area contributed by atoms with E-state index in [1.165, 1.54) is 11.4 Å².